The molecule has 27 heavy (non-hydrogen) atoms. The van der Waals surface area contributed by atoms with Gasteiger partial charge >= 0.3 is 0 Å². The summed E-state index contributed by atoms with van der Waals surface area (Å²) in [5.41, 5.74) is 6.68. The van der Waals surface area contributed by atoms with Crippen LogP contribution in [-0.4, -0.2) is 17.7 Å². The molecule has 0 spiro atoms. The average molecular weight is 387 g/mol. The summed E-state index contributed by atoms with van der Waals surface area (Å²) in [7, 11) is 0. The summed E-state index contributed by atoms with van der Waals surface area (Å²) in [6.07, 6.45) is 5.51. The molecule has 4 N–H and O–H groups in total. The number of thioether (sulfide) groups is 1. The Morgan fingerprint density at radius 1 is 1.30 bits per heavy atom. The lowest BCUT2D eigenvalue weighted by Crippen LogP contribution is -2.40. The maximum absolute atomic E-state index is 12.3. The van der Waals surface area contributed by atoms with Gasteiger partial charge in [0, 0.05) is 6.04 Å². The van der Waals surface area contributed by atoms with Crippen LogP contribution in [0.4, 0.5) is 5.82 Å². The number of nitrogens with one attached hydrogen (secondary N) is 2. The molecule has 1 heterocycles. The zero-order valence-electron chi connectivity index (χ0n) is 16.3. The molecular formula is C20H28N5OS+. The lowest BCUT2D eigenvalue weighted by molar-refractivity contribution is -0.410. The van der Waals surface area contributed by atoms with E-state index in [0.29, 0.717) is 16.0 Å². The molecule has 0 bridgehead atoms. The molecule has 2 rings (SSSR count). The molecule has 6 nitrogen and oxygen atoms in total. The van der Waals surface area contributed by atoms with Gasteiger partial charge in [-0.25, -0.2) is 4.98 Å². The van der Waals surface area contributed by atoms with E-state index in [9.17, 15) is 10.1 Å². The molecule has 144 valence electrons. The van der Waals surface area contributed by atoms with Crippen molar-refractivity contribution in [3.8, 4) is 12.1 Å². The van der Waals surface area contributed by atoms with Crippen LogP contribution in [0.1, 0.15) is 64.0 Å². The molecule has 7 heteroatoms. The summed E-state index contributed by atoms with van der Waals surface area (Å²) in [4.78, 5) is 15.2. The summed E-state index contributed by atoms with van der Waals surface area (Å²) < 4.78 is 0. The van der Waals surface area contributed by atoms with Gasteiger partial charge in [-0.05, 0) is 43.1 Å². The van der Waals surface area contributed by atoms with Gasteiger partial charge in [0.2, 0.25) is 5.91 Å². The molecular weight excluding hydrogens is 358 g/mol. The lowest BCUT2D eigenvalue weighted by Gasteiger charge is -2.39. The molecule has 1 aromatic rings. The first-order valence-corrected chi connectivity index (χ1v) is 10.4. The number of nitrogen functional groups attached to an aromatic ring is 1. The average Bonchev–Trinajstić information content (AvgIpc) is 2.66. The number of anilines is 1. The number of carbonyl (C=O) groups is 1. The summed E-state index contributed by atoms with van der Waals surface area (Å²) in [5, 5.41) is 21.8. The van der Waals surface area contributed by atoms with E-state index in [1.165, 1.54) is 24.2 Å². The van der Waals surface area contributed by atoms with Crippen molar-refractivity contribution < 1.29 is 9.78 Å². The zero-order chi connectivity index (χ0) is 20.0. The van der Waals surface area contributed by atoms with Crippen LogP contribution in [0, 0.1) is 34.0 Å². The Bertz CT molecular complexity index is 770. The van der Waals surface area contributed by atoms with Crippen LogP contribution in [0.15, 0.2) is 11.1 Å². The molecule has 0 radical (unpaired) electrons. The second-order valence-electron chi connectivity index (χ2n) is 7.81. The first-order chi connectivity index (χ1) is 12.8. The fraction of sp³-hybridized carbons (Fsp3) is 0.600. The third kappa shape index (κ3) is 5.37. The number of pyridine rings is 1. The van der Waals surface area contributed by atoms with Gasteiger partial charge in [0.1, 0.15) is 23.3 Å². The van der Waals surface area contributed by atoms with Crippen LogP contribution in [0.3, 0.4) is 0 Å². The quantitative estimate of drug-likeness (QED) is 0.729. The number of nitrogens with two attached hydrogens (primary N) is 1. The van der Waals surface area contributed by atoms with Crippen molar-refractivity contribution in [1.29, 1.82) is 10.5 Å². The number of hydrogen-bond donors (Lipinski definition) is 2. The monoisotopic (exact) mass is 386 g/mol. The van der Waals surface area contributed by atoms with Gasteiger partial charge in [0.25, 0.3) is 5.82 Å². The van der Waals surface area contributed by atoms with Gasteiger partial charge in [-0.2, -0.15) is 10.5 Å². The van der Waals surface area contributed by atoms with Crippen molar-refractivity contribution in [2.45, 2.75) is 63.9 Å². The van der Waals surface area contributed by atoms with Gasteiger partial charge in [-0.3, -0.25) is 10.5 Å². The number of aromatic amines is 1. The van der Waals surface area contributed by atoms with Crippen LogP contribution >= 0.6 is 11.8 Å². The maximum Gasteiger partial charge on any atom is 0.289 e. The third-order valence-electron chi connectivity index (χ3n) is 5.77. The summed E-state index contributed by atoms with van der Waals surface area (Å²) in [6.45, 7) is 6.91. The summed E-state index contributed by atoms with van der Waals surface area (Å²) >= 11 is 1.23. The van der Waals surface area contributed by atoms with Gasteiger partial charge in [0.05, 0.1) is 5.75 Å². The fourth-order valence-corrected chi connectivity index (χ4v) is 4.35. The molecule has 0 atom stereocenters. The van der Waals surface area contributed by atoms with E-state index >= 15 is 0 Å². The first kappa shape index (κ1) is 21.1. The van der Waals surface area contributed by atoms with Crippen molar-refractivity contribution >= 4 is 23.5 Å². The molecule has 1 saturated carbocycles. The Hall–Kier alpha value is -2.25. The highest BCUT2D eigenvalue weighted by Crippen LogP contribution is 2.40. The van der Waals surface area contributed by atoms with E-state index in [4.69, 9.17) is 11.0 Å². The molecule has 1 aliphatic rings. The van der Waals surface area contributed by atoms with E-state index in [-0.39, 0.29) is 29.1 Å². The first-order valence-electron chi connectivity index (χ1n) is 9.38. The van der Waals surface area contributed by atoms with Crippen LogP contribution in [0.25, 0.3) is 0 Å². The van der Waals surface area contributed by atoms with E-state index in [1.807, 2.05) is 12.1 Å². The fourth-order valence-electron chi connectivity index (χ4n) is 3.55. The minimum Gasteiger partial charge on any atom is -0.353 e. The number of nitrogens with zero attached hydrogens (tertiary/aromatic N) is 2. The number of aromatic nitrogens is 1. The lowest BCUT2D eigenvalue weighted by atomic mass is 9.69. The molecule has 0 aliphatic heterocycles. The van der Waals surface area contributed by atoms with Crippen molar-refractivity contribution in [3.63, 3.8) is 0 Å². The number of H-pyrrole nitrogens is 1. The standard InChI is InChI=1S/C20H27N5OS/c1-4-20(2,3)15-5-7-16(8-6-15)24-17(26)12-27-19-14(11-22)9-13(10-21)18(23)25-19/h9,15-16H,4-8,12H2,1-3H3,(H2,23,25)(H,24,26)/p+1. The maximum atomic E-state index is 12.3. The second kappa shape index (κ2) is 9.10. The molecule has 0 unspecified atom stereocenters. The summed E-state index contributed by atoms with van der Waals surface area (Å²) in [5.74, 6) is 1.09. The molecule has 0 saturated heterocycles. The van der Waals surface area contributed by atoms with Crippen LogP contribution in [0.5, 0.6) is 0 Å². The van der Waals surface area contributed by atoms with E-state index in [2.05, 4.69) is 31.1 Å². The Labute approximate surface area is 165 Å². The minimum absolute atomic E-state index is 0.0431. The van der Waals surface area contributed by atoms with Crippen LogP contribution in [-0.2, 0) is 4.79 Å². The van der Waals surface area contributed by atoms with Crippen LogP contribution in [0.2, 0.25) is 0 Å². The van der Waals surface area contributed by atoms with Gasteiger partial charge in [-0.1, -0.05) is 39.0 Å². The predicted molar refractivity (Wildman–Crippen MR) is 106 cm³/mol. The topological polar surface area (TPSA) is 117 Å². The Morgan fingerprint density at radius 3 is 2.48 bits per heavy atom. The Balaban J connectivity index is 1.87. The van der Waals surface area contributed by atoms with Crippen molar-refractivity contribution in [2.24, 2.45) is 11.3 Å². The highest BCUT2D eigenvalue weighted by Gasteiger charge is 2.32. The molecule has 1 aliphatic carbocycles. The van der Waals surface area contributed by atoms with E-state index < -0.39 is 0 Å². The van der Waals surface area contributed by atoms with Gasteiger partial charge < -0.3 is 5.32 Å². The van der Waals surface area contributed by atoms with E-state index in [1.54, 1.807) is 0 Å². The number of carbonyl (C=O) groups excluding carboxylic acids is 1. The zero-order valence-corrected chi connectivity index (χ0v) is 17.1. The van der Waals surface area contributed by atoms with Gasteiger partial charge in [0.15, 0.2) is 5.03 Å². The molecule has 1 amide bonds. The minimum atomic E-state index is -0.0431. The molecule has 1 fully saturated rings. The second-order valence-corrected chi connectivity index (χ2v) is 8.80. The highest BCUT2D eigenvalue weighted by atomic mass is 32.2. The Morgan fingerprint density at radius 2 is 1.93 bits per heavy atom. The van der Waals surface area contributed by atoms with Crippen molar-refractivity contribution in [2.75, 3.05) is 11.5 Å². The number of rotatable bonds is 6. The molecule has 1 aromatic heterocycles. The number of amides is 1. The van der Waals surface area contributed by atoms with Crippen molar-refractivity contribution in [3.05, 3.63) is 17.2 Å². The SMILES string of the molecule is CCC(C)(C)C1CCC(NC(=O)CSc2[nH+]c(N)c(C#N)cc2C#N)CC1. The summed E-state index contributed by atoms with van der Waals surface area (Å²) in [6, 6.07) is 5.65. The normalized spacial score (nSPS) is 19.7. The number of hydrogen-bond acceptors (Lipinski definition) is 5. The highest BCUT2D eigenvalue weighted by molar-refractivity contribution is 7.99. The van der Waals surface area contributed by atoms with Crippen molar-refractivity contribution in [1.82, 2.24) is 5.32 Å². The van der Waals surface area contributed by atoms with E-state index in [0.717, 1.165) is 31.6 Å². The third-order valence-corrected chi connectivity index (χ3v) is 6.79. The van der Waals surface area contributed by atoms with Gasteiger partial charge in [-0.15, -0.1) is 0 Å². The predicted octanol–water partition coefficient (Wildman–Crippen LogP) is 3.03. The van der Waals surface area contributed by atoms with Crippen LogP contribution < -0.4 is 16.0 Å². The number of nitriles is 2. The Kier molecular flexibility index (Phi) is 7.10. The largest absolute Gasteiger partial charge is 0.353 e. The molecule has 0 aromatic carbocycles. The smallest absolute Gasteiger partial charge is 0.289 e.